The molecule has 0 saturated carbocycles. The quantitative estimate of drug-likeness (QED) is 0.696. The van der Waals surface area contributed by atoms with Crippen LogP contribution in [-0.2, 0) is 4.74 Å². The second-order valence-electron chi connectivity index (χ2n) is 3.79. The lowest BCUT2D eigenvalue weighted by atomic mass is 9.89. The van der Waals surface area contributed by atoms with E-state index in [0.29, 0.717) is 6.04 Å². The standard InChI is InChI=1S/C10H21NO/c1-3-4-9-5-6-11-10(7-9)8-12-2/h9-11H,3-8H2,1-2H3. The summed E-state index contributed by atoms with van der Waals surface area (Å²) in [5, 5.41) is 3.48. The van der Waals surface area contributed by atoms with Gasteiger partial charge < -0.3 is 10.1 Å². The van der Waals surface area contributed by atoms with Crippen molar-refractivity contribution in [3.8, 4) is 0 Å². The van der Waals surface area contributed by atoms with E-state index in [2.05, 4.69) is 12.2 Å². The van der Waals surface area contributed by atoms with Gasteiger partial charge in [0.25, 0.3) is 0 Å². The maximum absolute atomic E-state index is 5.15. The van der Waals surface area contributed by atoms with Crippen molar-refractivity contribution in [1.82, 2.24) is 5.32 Å². The molecule has 1 heterocycles. The smallest absolute Gasteiger partial charge is 0.0615 e. The Morgan fingerprint density at radius 2 is 2.33 bits per heavy atom. The van der Waals surface area contributed by atoms with Gasteiger partial charge in [0.1, 0.15) is 0 Å². The monoisotopic (exact) mass is 171 g/mol. The topological polar surface area (TPSA) is 21.3 Å². The summed E-state index contributed by atoms with van der Waals surface area (Å²) in [6.45, 7) is 4.33. The number of methoxy groups -OCH3 is 1. The summed E-state index contributed by atoms with van der Waals surface area (Å²) in [5.74, 6) is 0.941. The van der Waals surface area contributed by atoms with E-state index in [1.165, 1.54) is 32.2 Å². The number of nitrogens with one attached hydrogen (secondary N) is 1. The van der Waals surface area contributed by atoms with E-state index in [4.69, 9.17) is 4.74 Å². The molecule has 12 heavy (non-hydrogen) atoms. The molecule has 2 atom stereocenters. The maximum atomic E-state index is 5.15. The molecule has 2 unspecified atom stereocenters. The van der Waals surface area contributed by atoms with E-state index >= 15 is 0 Å². The SMILES string of the molecule is CCCC1CCNC(COC)C1. The van der Waals surface area contributed by atoms with Gasteiger partial charge >= 0.3 is 0 Å². The minimum absolute atomic E-state index is 0.611. The van der Waals surface area contributed by atoms with E-state index < -0.39 is 0 Å². The second-order valence-corrected chi connectivity index (χ2v) is 3.79. The first-order valence-corrected chi connectivity index (χ1v) is 5.09. The Balaban J connectivity index is 2.20. The van der Waals surface area contributed by atoms with Gasteiger partial charge in [-0.25, -0.2) is 0 Å². The number of ether oxygens (including phenoxy) is 1. The Hall–Kier alpha value is -0.0800. The minimum atomic E-state index is 0.611. The average Bonchev–Trinajstić information content (AvgIpc) is 2.06. The molecule has 1 rings (SSSR count). The molecule has 72 valence electrons. The summed E-state index contributed by atoms with van der Waals surface area (Å²) in [6.07, 6.45) is 5.38. The predicted molar refractivity (Wildman–Crippen MR) is 51.3 cm³/mol. The molecule has 2 heteroatoms. The molecule has 0 bridgehead atoms. The normalized spacial score (nSPS) is 30.5. The molecule has 1 fully saturated rings. The summed E-state index contributed by atoms with van der Waals surface area (Å²) in [4.78, 5) is 0. The van der Waals surface area contributed by atoms with Gasteiger partial charge in [0.15, 0.2) is 0 Å². The van der Waals surface area contributed by atoms with E-state index in [0.717, 1.165) is 12.5 Å². The molecule has 0 radical (unpaired) electrons. The highest BCUT2D eigenvalue weighted by Crippen LogP contribution is 2.20. The molecule has 1 saturated heterocycles. The van der Waals surface area contributed by atoms with Crippen molar-refractivity contribution in [2.45, 2.75) is 38.6 Å². The van der Waals surface area contributed by atoms with Crippen LogP contribution in [0.3, 0.4) is 0 Å². The first-order chi connectivity index (χ1) is 5.86. The number of rotatable bonds is 4. The molecular weight excluding hydrogens is 150 g/mol. The van der Waals surface area contributed by atoms with Crippen molar-refractivity contribution in [3.05, 3.63) is 0 Å². The number of hydrogen-bond acceptors (Lipinski definition) is 2. The zero-order valence-corrected chi connectivity index (χ0v) is 8.31. The van der Waals surface area contributed by atoms with Crippen molar-refractivity contribution >= 4 is 0 Å². The van der Waals surface area contributed by atoms with Gasteiger partial charge in [0, 0.05) is 13.2 Å². The first-order valence-electron chi connectivity index (χ1n) is 5.09. The van der Waals surface area contributed by atoms with Crippen molar-refractivity contribution in [2.24, 2.45) is 5.92 Å². The molecule has 1 aliphatic heterocycles. The molecule has 0 amide bonds. The highest BCUT2D eigenvalue weighted by Gasteiger charge is 2.19. The van der Waals surface area contributed by atoms with Crippen LogP contribution >= 0.6 is 0 Å². The fourth-order valence-electron chi connectivity index (χ4n) is 2.09. The lowest BCUT2D eigenvalue weighted by Gasteiger charge is -2.29. The van der Waals surface area contributed by atoms with Crippen LogP contribution in [0.5, 0.6) is 0 Å². The number of hydrogen-bond donors (Lipinski definition) is 1. The van der Waals surface area contributed by atoms with Crippen molar-refractivity contribution < 1.29 is 4.74 Å². The van der Waals surface area contributed by atoms with Gasteiger partial charge in [0.05, 0.1) is 6.61 Å². The Bertz CT molecular complexity index is 100. The Kier molecular flexibility index (Phi) is 4.62. The zero-order valence-electron chi connectivity index (χ0n) is 8.31. The average molecular weight is 171 g/mol. The van der Waals surface area contributed by atoms with Crippen LogP contribution in [-0.4, -0.2) is 26.3 Å². The van der Waals surface area contributed by atoms with E-state index in [-0.39, 0.29) is 0 Å². The van der Waals surface area contributed by atoms with Gasteiger partial charge in [-0.1, -0.05) is 19.8 Å². The lowest BCUT2D eigenvalue weighted by Crippen LogP contribution is -2.40. The van der Waals surface area contributed by atoms with E-state index in [9.17, 15) is 0 Å². The van der Waals surface area contributed by atoms with Crippen molar-refractivity contribution in [1.29, 1.82) is 0 Å². The molecular formula is C10H21NO. The third-order valence-corrected chi connectivity index (χ3v) is 2.67. The molecule has 1 N–H and O–H groups in total. The third kappa shape index (κ3) is 3.11. The van der Waals surface area contributed by atoms with Crippen LogP contribution in [0.4, 0.5) is 0 Å². The van der Waals surface area contributed by atoms with Crippen LogP contribution in [0.25, 0.3) is 0 Å². The fourth-order valence-corrected chi connectivity index (χ4v) is 2.09. The first kappa shape index (κ1) is 10.0. The largest absolute Gasteiger partial charge is 0.383 e. The minimum Gasteiger partial charge on any atom is -0.383 e. The molecule has 0 spiro atoms. The van der Waals surface area contributed by atoms with Crippen molar-refractivity contribution in [2.75, 3.05) is 20.3 Å². The highest BCUT2D eigenvalue weighted by atomic mass is 16.5. The summed E-state index contributed by atoms with van der Waals surface area (Å²) >= 11 is 0. The van der Waals surface area contributed by atoms with Crippen LogP contribution in [0.2, 0.25) is 0 Å². The summed E-state index contributed by atoms with van der Waals surface area (Å²) < 4.78 is 5.15. The van der Waals surface area contributed by atoms with Crippen LogP contribution in [0, 0.1) is 5.92 Å². The van der Waals surface area contributed by atoms with Crippen LogP contribution < -0.4 is 5.32 Å². The Morgan fingerprint density at radius 1 is 1.50 bits per heavy atom. The van der Waals surface area contributed by atoms with Crippen LogP contribution in [0.1, 0.15) is 32.6 Å². The predicted octanol–water partition coefficient (Wildman–Crippen LogP) is 1.80. The zero-order chi connectivity index (χ0) is 8.81. The molecule has 0 aromatic rings. The number of piperidine rings is 1. The summed E-state index contributed by atoms with van der Waals surface area (Å²) in [6, 6.07) is 0.611. The van der Waals surface area contributed by atoms with Gasteiger partial charge in [-0.2, -0.15) is 0 Å². The molecule has 0 aromatic carbocycles. The van der Waals surface area contributed by atoms with E-state index in [1.807, 2.05) is 0 Å². The maximum Gasteiger partial charge on any atom is 0.0615 e. The lowest BCUT2D eigenvalue weighted by molar-refractivity contribution is 0.137. The summed E-state index contributed by atoms with van der Waals surface area (Å²) in [7, 11) is 1.78. The second kappa shape index (κ2) is 5.55. The van der Waals surface area contributed by atoms with Crippen molar-refractivity contribution in [3.63, 3.8) is 0 Å². The third-order valence-electron chi connectivity index (χ3n) is 2.67. The molecule has 0 aromatic heterocycles. The summed E-state index contributed by atoms with van der Waals surface area (Å²) in [5.41, 5.74) is 0. The Labute approximate surface area is 75.7 Å². The molecule has 2 nitrogen and oxygen atoms in total. The fraction of sp³-hybridized carbons (Fsp3) is 1.00. The van der Waals surface area contributed by atoms with Gasteiger partial charge in [-0.05, 0) is 25.3 Å². The van der Waals surface area contributed by atoms with E-state index in [1.54, 1.807) is 7.11 Å². The van der Waals surface area contributed by atoms with Gasteiger partial charge in [-0.15, -0.1) is 0 Å². The molecule has 1 aliphatic rings. The Morgan fingerprint density at radius 3 is 3.00 bits per heavy atom. The molecule has 0 aliphatic carbocycles. The van der Waals surface area contributed by atoms with Gasteiger partial charge in [-0.3, -0.25) is 0 Å². The highest BCUT2D eigenvalue weighted by molar-refractivity contribution is 4.77. The van der Waals surface area contributed by atoms with Crippen LogP contribution in [0.15, 0.2) is 0 Å². The van der Waals surface area contributed by atoms with Gasteiger partial charge in [0.2, 0.25) is 0 Å².